The van der Waals surface area contributed by atoms with Crippen molar-refractivity contribution in [2.75, 3.05) is 20.2 Å². The number of rotatable bonds is 9. The second-order valence-corrected chi connectivity index (χ2v) is 4.63. The lowest BCUT2D eigenvalue weighted by Gasteiger charge is -2.14. The zero-order chi connectivity index (χ0) is 14.0. The van der Waals surface area contributed by atoms with Crippen molar-refractivity contribution in [1.82, 2.24) is 10.6 Å². The summed E-state index contributed by atoms with van der Waals surface area (Å²) in [6.07, 6.45) is 1.39. The van der Waals surface area contributed by atoms with Gasteiger partial charge in [-0.15, -0.1) is 0 Å². The number of hydrogen-bond acceptors (Lipinski definition) is 3. The van der Waals surface area contributed by atoms with Crippen LogP contribution in [-0.2, 0) is 9.53 Å². The molecule has 0 aliphatic heterocycles. The van der Waals surface area contributed by atoms with E-state index >= 15 is 0 Å². The smallest absolute Gasteiger partial charge is 0.314 e. The topological polar surface area (TPSA) is 87.7 Å². The summed E-state index contributed by atoms with van der Waals surface area (Å²) in [6.45, 7) is 5.09. The number of hydrogen-bond donors (Lipinski definition) is 3. The maximum absolute atomic E-state index is 11.4. The summed E-state index contributed by atoms with van der Waals surface area (Å²) in [6, 6.07) is -0.286. The van der Waals surface area contributed by atoms with Crippen LogP contribution in [-0.4, -0.2) is 43.4 Å². The third-order valence-electron chi connectivity index (χ3n) is 2.47. The molecule has 0 aliphatic rings. The van der Waals surface area contributed by atoms with E-state index in [1.165, 1.54) is 7.11 Å². The van der Waals surface area contributed by atoms with Gasteiger partial charge in [0.05, 0.1) is 12.5 Å². The number of urea groups is 1. The normalized spacial score (nSPS) is 12.2. The minimum atomic E-state index is -0.944. The van der Waals surface area contributed by atoms with Crippen molar-refractivity contribution in [1.29, 1.82) is 0 Å². The van der Waals surface area contributed by atoms with E-state index in [9.17, 15) is 9.59 Å². The van der Waals surface area contributed by atoms with Crippen LogP contribution in [0.2, 0.25) is 0 Å². The Morgan fingerprint density at radius 3 is 2.44 bits per heavy atom. The number of nitrogens with one attached hydrogen (secondary N) is 2. The van der Waals surface area contributed by atoms with Gasteiger partial charge in [0.1, 0.15) is 0 Å². The molecule has 1 atom stereocenters. The first-order valence-electron chi connectivity index (χ1n) is 6.22. The van der Waals surface area contributed by atoms with Gasteiger partial charge < -0.3 is 20.5 Å². The molecule has 1 unspecified atom stereocenters. The van der Waals surface area contributed by atoms with Crippen LogP contribution in [0.3, 0.4) is 0 Å². The van der Waals surface area contributed by atoms with E-state index < -0.39 is 12.1 Å². The molecule has 106 valence electrons. The maximum Gasteiger partial charge on any atom is 0.314 e. The van der Waals surface area contributed by atoms with Gasteiger partial charge >= 0.3 is 12.0 Å². The number of carboxylic acid groups (broad SMARTS) is 1. The summed E-state index contributed by atoms with van der Waals surface area (Å²) in [4.78, 5) is 21.8. The number of carboxylic acids is 1. The lowest BCUT2D eigenvalue weighted by atomic mass is 10.1. The minimum Gasteiger partial charge on any atom is -0.481 e. The van der Waals surface area contributed by atoms with E-state index in [0.29, 0.717) is 12.5 Å². The minimum absolute atomic E-state index is 0.121. The predicted molar refractivity (Wildman–Crippen MR) is 68.5 cm³/mol. The largest absolute Gasteiger partial charge is 0.481 e. The third kappa shape index (κ3) is 9.89. The SMILES string of the molecule is COC(CNC(=O)NCCCC(C)C)CC(=O)O. The van der Waals surface area contributed by atoms with Crippen LogP contribution < -0.4 is 10.6 Å². The van der Waals surface area contributed by atoms with Gasteiger partial charge in [-0.1, -0.05) is 13.8 Å². The standard InChI is InChI=1S/C12H24N2O4/c1-9(2)5-4-6-13-12(17)14-8-10(18-3)7-11(15)16/h9-10H,4-8H2,1-3H3,(H,15,16)(H2,13,14,17). The summed E-state index contributed by atoms with van der Waals surface area (Å²) in [7, 11) is 1.43. The molecule has 0 aromatic carbocycles. The van der Waals surface area contributed by atoms with Gasteiger partial charge in [0.15, 0.2) is 0 Å². The van der Waals surface area contributed by atoms with Gasteiger partial charge in [0.2, 0.25) is 0 Å². The van der Waals surface area contributed by atoms with E-state index in [2.05, 4.69) is 24.5 Å². The monoisotopic (exact) mass is 260 g/mol. The summed E-state index contributed by atoms with van der Waals surface area (Å²) in [5.74, 6) is -0.315. The molecule has 0 aromatic heterocycles. The number of methoxy groups -OCH3 is 1. The highest BCUT2D eigenvalue weighted by Gasteiger charge is 2.13. The average Bonchev–Trinajstić information content (AvgIpc) is 2.29. The first-order valence-corrected chi connectivity index (χ1v) is 6.22. The summed E-state index contributed by atoms with van der Waals surface area (Å²) in [5.41, 5.74) is 0. The average molecular weight is 260 g/mol. The van der Waals surface area contributed by atoms with Crippen molar-refractivity contribution in [3.8, 4) is 0 Å². The van der Waals surface area contributed by atoms with Crippen LogP contribution >= 0.6 is 0 Å². The molecule has 0 aromatic rings. The van der Waals surface area contributed by atoms with Crippen molar-refractivity contribution in [2.45, 2.75) is 39.2 Å². The molecular formula is C12H24N2O4. The number of aliphatic carboxylic acids is 1. The van der Waals surface area contributed by atoms with Gasteiger partial charge in [0.25, 0.3) is 0 Å². The third-order valence-corrected chi connectivity index (χ3v) is 2.47. The van der Waals surface area contributed by atoms with Gasteiger partial charge in [-0.3, -0.25) is 4.79 Å². The summed E-state index contributed by atoms with van der Waals surface area (Å²) >= 11 is 0. The van der Waals surface area contributed by atoms with Crippen LogP contribution in [0.5, 0.6) is 0 Å². The van der Waals surface area contributed by atoms with E-state index in [1.807, 2.05) is 0 Å². The van der Waals surface area contributed by atoms with Crippen molar-refractivity contribution >= 4 is 12.0 Å². The Hall–Kier alpha value is -1.30. The highest BCUT2D eigenvalue weighted by atomic mass is 16.5. The number of carbonyl (C=O) groups is 2. The molecule has 0 spiro atoms. The number of carbonyl (C=O) groups excluding carboxylic acids is 1. The van der Waals surface area contributed by atoms with Crippen LogP contribution in [0.25, 0.3) is 0 Å². The predicted octanol–water partition coefficient (Wildman–Crippen LogP) is 1.21. The molecule has 0 fully saturated rings. The van der Waals surface area contributed by atoms with Gasteiger partial charge in [-0.25, -0.2) is 4.79 Å². The van der Waals surface area contributed by atoms with Crippen molar-refractivity contribution in [3.05, 3.63) is 0 Å². The van der Waals surface area contributed by atoms with Gasteiger partial charge in [0, 0.05) is 20.2 Å². The molecule has 0 aliphatic carbocycles. The fourth-order valence-corrected chi connectivity index (χ4v) is 1.41. The maximum atomic E-state index is 11.4. The molecule has 0 rings (SSSR count). The fourth-order valence-electron chi connectivity index (χ4n) is 1.41. The number of amides is 2. The Bertz CT molecular complexity index is 256. The van der Waals surface area contributed by atoms with E-state index in [1.54, 1.807) is 0 Å². The molecule has 0 radical (unpaired) electrons. The Labute approximate surface area is 108 Å². The molecule has 0 bridgehead atoms. The molecule has 0 saturated carbocycles. The second kappa shape index (κ2) is 9.70. The molecule has 6 heteroatoms. The highest BCUT2D eigenvalue weighted by Crippen LogP contribution is 2.01. The van der Waals surface area contributed by atoms with E-state index in [0.717, 1.165) is 12.8 Å². The van der Waals surface area contributed by atoms with Crippen LogP contribution in [0.4, 0.5) is 4.79 Å². The zero-order valence-corrected chi connectivity index (χ0v) is 11.4. The lowest BCUT2D eigenvalue weighted by Crippen LogP contribution is -2.41. The Balaban J connectivity index is 3.64. The zero-order valence-electron chi connectivity index (χ0n) is 11.4. The van der Waals surface area contributed by atoms with Crippen LogP contribution in [0, 0.1) is 5.92 Å². The first kappa shape index (κ1) is 16.7. The Morgan fingerprint density at radius 2 is 1.94 bits per heavy atom. The first-order chi connectivity index (χ1) is 8.45. The quantitative estimate of drug-likeness (QED) is 0.544. The van der Waals surface area contributed by atoms with Crippen molar-refractivity contribution in [3.63, 3.8) is 0 Å². The Morgan fingerprint density at radius 1 is 1.28 bits per heavy atom. The molecule has 2 amide bonds. The van der Waals surface area contributed by atoms with Crippen LogP contribution in [0.1, 0.15) is 33.1 Å². The molecule has 18 heavy (non-hydrogen) atoms. The summed E-state index contributed by atoms with van der Waals surface area (Å²) in [5, 5.41) is 13.9. The lowest BCUT2D eigenvalue weighted by molar-refractivity contribution is -0.139. The van der Waals surface area contributed by atoms with E-state index in [-0.39, 0.29) is 19.0 Å². The van der Waals surface area contributed by atoms with Gasteiger partial charge in [-0.05, 0) is 18.8 Å². The van der Waals surface area contributed by atoms with Crippen molar-refractivity contribution < 1.29 is 19.4 Å². The van der Waals surface area contributed by atoms with Crippen LogP contribution in [0.15, 0.2) is 0 Å². The van der Waals surface area contributed by atoms with E-state index in [4.69, 9.17) is 9.84 Å². The van der Waals surface area contributed by atoms with Gasteiger partial charge in [-0.2, -0.15) is 0 Å². The molecular weight excluding hydrogens is 236 g/mol. The molecule has 0 heterocycles. The summed E-state index contributed by atoms with van der Waals surface area (Å²) < 4.78 is 4.95. The molecule has 6 nitrogen and oxygen atoms in total. The second-order valence-electron chi connectivity index (χ2n) is 4.63. The number of ether oxygens (including phenoxy) is 1. The molecule has 3 N–H and O–H groups in total. The highest BCUT2D eigenvalue weighted by molar-refractivity contribution is 5.74. The molecule has 0 saturated heterocycles. The fraction of sp³-hybridized carbons (Fsp3) is 0.833. The van der Waals surface area contributed by atoms with Crippen molar-refractivity contribution in [2.24, 2.45) is 5.92 Å². The Kier molecular flexibility index (Phi) is 9.00.